The molecule has 5 unspecified atom stereocenters. The Hall–Kier alpha value is -6.13. The van der Waals surface area contributed by atoms with E-state index >= 15 is 0 Å². The first kappa shape index (κ1) is 107. The van der Waals surface area contributed by atoms with E-state index in [1.807, 2.05) is 0 Å². The number of carbonyl (C=O) groups is 3. The third-order valence-electron chi connectivity index (χ3n) is 17.2. The maximum atomic E-state index is 13.0. The van der Waals surface area contributed by atoms with Gasteiger partial charge in [0.2, 0.25) is 0 Å². The second-order valence-electron chi connectivity index (χ2n) is 27.8. The van der Waals surface area contributed by atoms with Gasteiger partial charge in [-0.3, -0.25) is 32.5 Å². The van der Waals surface area contributed by atoms with Crippen molar-refractivity contribution in [1.82, 2.24) is 0 Å². The number of aliphatic hydroxyl groups excluding tert-OH is 2. The van der Waals surface area contributed by atoms with E-state index in [4.69, 9.17) is 32.3 Å². The summed E-state index contributed by atoms with van der Waals surface area (Å²) in [5.74, 6) is -1.66. The highest BCUT2D eigenvalue weighted by atomic mass is 31.2. The Morgan fingerprint density at radius 3 is 0.717 bits per heavy atom. The molecule has 4 N–H and O–H groups in total. The molecule has 0 saturated heterocycles. The van der Waals surface area contributed by atoms with Crippen molar-refractivity contribution in [2.45, 2.75) is 322 Å². The molecule has 5 atom stereocenters. The van der Waals surface area contributed by atoms with Crippen molar-refractivity contribution >= 4 is 33.6 Å². The van der Waals surface area contributed by atoms with Crippen LogP contribution in [0, 0.1) is 0 Å². The van der Waals surface area contributed by atoms with Gasteiger partial charge in [-0.25, -0.2) is 9.13 Å². The Morgan fingerprint density at radius 1 is 0.248 bits per heavy atom. The Kier molecular flexibility index (Phi) is 80.6. The van der Waals surface area contributed by atoms with E-state index in [-0.39, 0.29) is 19.3 Å². The first-order valence-corrected chi connectivity index (χ1v) is 46.0. The van der Waals surface area contributed by atoms with Crippen LogP contribution in [0.25, 0.3) is 0 Å². The van der Waals surface area contributed by atoms with Crippen LogP contribution in [-0.2, 0) is 55.8 Å². The molecule has 0 amide bonds. The fraction of sp³-hybridized carbons (Fsp3) is 0.589. The fourth-order valence-electron chi connectivity index (χ4n) is 10.8. The van der Waals surface area contributed by atoms with E-state index in [1.54, 1.807) is 0 Å². The molecule has 0 aliphatic rings. The van der Waals surface area contributed by atoms with Crippen LogP contribution < -0.4 is 0 Å². The lowest BCUT2D eigenvalue weighted by atomic mass is 10.0. The number of phosphoric acid groups is 2. The molecule has 16 nitrogen and oxygen atoms in total. The highest BCUT2D eigenvalue weighted by Crippen LogP contribution is 2.45. The maximum Gasteiger partial charge on any atom is 0.472 e. The SMILES string of the molecule is CC/C=C\C/C=C\C/C=C\C/C=C\C/C=C\C/C=C\CCCCCCCCCCCCCCC(=O)OCC(O)COP(=O)(O)OCC(O)COP(=O)(O)OCC(COC(=O)CCCCCCCC/C=C\C/C=C\C/C=C\C/C=C\C/C=C\C/C=C\CC)OC(=O)CCCC/C=C\C/C=C\C/C=C\C/C=C\C/C=C\C/C=C\CC. The Morgan fingerprint density at radius 2 is 0.442 bits per heavy atom. The Bertz CT molecular complexity index is 2930. The third-order valence-corrected chi connectivity index (χ3v) is 19.1. The zero-order valence-electron chi connectivity index (χ0n) is 70.0. The van der Waals surface area contributed by atoms with Crippen LogP contribution in [0.15, 0.2) is 219 Å². The molecule has 0 bridgehead atoms. The first-order chi connectivity index (χ1) is 55.2. The number of esters is 3. The number of phosphoric ester groups is 2. The molecule has 18 heteroatoms. The van der Waals surface area contributed by atoms with E-state index in [0.717, 1.165) is 186 Å². The van der Waals surface area contributed by atoms with E-state index in [2.05, 4.69) is 240 Å². The van der Waals surface area contributed by atoms with Gasteiger partial charge in [0.15, 0.2) is 6.10 Å². The molecule has 0 aromatic heterocycles. The monoisotopic (exact) mass is 1610 g/mol. The summed E-state index contributed by atoms with van der Waals surface area (Å²) in [7, 11) is -9.84. The van der Waals surface area contributed by atoms with Gasteiger partial charge < -0.3 is 34.2 Å². The zero-order chi connectivity index (χ0) is 82.2. The van der Waals surface area contributed by atoms with Gasteiger partial charge in [0.1, 0.15) is 25.4 Å². The molecule has 0 saturated carbocycles. The largest absolute Gasteiger partial charge is 0.472 e. The average Bonchev–Trinajstić information content (AvgIpc) is 0.900. The molecule has 0 fully saturated rings. The topological polar surface area (TPSA) is 231 Å². The predicted octanol–water partition coefficient (Wildman–Crippen LogP) is 26.2. The summed E-state index contributed by atoms with van der Waals surface area (Å²) in [6.07, 6.45) is 115. The van der Waals surface area contributed by atoms with Crippen LogP contribution in [0.4, 0.5) is 0 Å². The Balaban J connectivity index is 4.68. The number of aliphatic hydroxyl groups is 2. The molecule has 0 heterocycles. The molecule has 0 aliphatic heterocycles. The third kappa shape index (κ3) is 86.6. The maximum absolute atomic E-state index is 13.0. The number of carbonyl (C=O) groups excluding carboxylic acids is 3. The summed E-state index contributed by atoms with van der Waals surface area (Å²) in [6.45, 7) is 2.25. The molecule has 0 rings (SSSR count). The highest BCUT2D eigenvalue weighted by molar-refractivity contribution is 7.47. The summed E-state index contributed by atoms with van der Waals surface area (Å²) in [4.78, 5) is 58.9. The smallest absolute Gasteiger partial charge is 0.463 e. The van der Waals surface area contributed by atoms with Crippen molar-refractivity contribution in [2.24, 2.45) is 0 Å². The summed E-state index contributed by atoms with van der Waals surface area (Å²) < 4.78 is 61.3. The minimum absolute atomic E-state index is 0.0367. The van der Waals surface area contributed by atoms with Gasteiger partial charge in [0.25, 0.3) is 0 Å². The van der Waals surface area contributed by atoms with E-state index in [0.29, 0.717) is 25.7 Å². The van der Waals surface area contributed by atoms with Crippen molar-refractivity contribution in [3.8, 4) is 0 Å². The normalized spacial score (nSPS) is 14.9. The molecular weight excluding hydrogens is 1460 g/mol. The highest BCUT2D eigenvalue weighted by Gasteiger charge is 2.29. The molecule has 113 heavy (non-hydrogen) atoms. The van der Waals surface area contributed by atoms with E-state index < -0.39 is 91.5 Å². The van der Waals surface area contributed by atoms with Gasteiger partial charge in [0, 0.05) is 19.3 Å². The van der Waals surface area contributed by atoms with Gasteiger partial charge in [-0.2, -0.15) is 0 Å². The van der Waals surface area contributed by atoms with Crippen molar-refractivity contribution in [3.05, 3.63) is 219 Å². The van der Waals surface area contributed by atoms with Crippen LogP contribution in [0.2, 0.25) is 0 Å². The minimum Gasteiger partial charge on any atom is -0.463 e. The Labute approximate surface area is 685 Å². The average molecular weight is 1610 g/mol. The minimum atomic E-state index is -4.96. The van der Waals surface area contributed by atoms with Crippen LogP contribution in [-0.4, -0.2) is 95.9 Å². The molecule has 0 radical (unpaired) electrons. The lowest BCUT2D eigenvalue weighted by Gasteiger charge is -2.21. The fourth-order valence-corrected chi connectivity index (χ4v) is 12.3. The van der Waals surface area contributed by atoms with Crippen LogP contribution in [0.3, 0.4) is 0 Å². The molecule has 0 aromatic carbocycles. The number of rotatable bonds is 79. The van der Waals surface area contributed by atoms with Gasteiger partial charge in [-0.1, -0.05) is 329 Å². The standard InChI is InChI=1S/C95H152O16P2/c1-4-7-10-13-16-19-22-25-28-31-34-37-39-41-42-43-44-45-46-48-50-52-54-57-60-63-66-69-72-75-78-81-93(98)105-84-90(96)85-107-112(101,102)108-86-91(97)87-109-113(103,104)110-89-92(111-95(100)83-80-77-74-71-68-65-62-59-56-51-36-33-30-27-24-21-18-15-12-9-6-3)88-106-94(99)82-79-76-73-70-67-64-61-58-55-53-49-47-40-38-35-32-29-26-23-20-17-14-11-8-5-2/h7-12,16-21,25-30,34-38,41-42,44-45,47,49,51,55,58-59,62,68,71,90-92,96-97H,4-6,13-15,22-24,31-33,39-40,43,46,48,50,52-54,56-57,60-61,63-67,69-70,72-89H2,1-3H3,(H,101,102)(H,103,104)/b10-7-,11-8-,12-9-,19-16-,20-17-,21-18-,28-25-,29-26-,30-27-,37-34-,38-35-,42-41-,45-44-,49-47-,51-36-,58-55-,62-59-,71-68-. The van der Waals surface area contributed by atoms with Crippen molar-refractivity contribution in [1.29, 1.82) is 0 Å². The predicted molar refractivity (Wildman–Crippen MR) is 472 cm³/mol. The van der Waals surface area contributed by atoms with Gasteiger partial charge in [-0.15, -0.1) is 0 Å². The number of hydrogen-bond donors (Lipinski definition) is 4. The first-order valence-electron chi connectivity index (χ1n) is 43.0. The number of allylic oxidation sites excluding steroid dienone is 36. The molecular formula is C95H152O16P2. The molecule has 0 spiro atoms. The van der Waals surface area contributed by atoms with Crippen LogP contribution in [0.5, 0.6) is 0 Å². The number of unbranched alkanes of at least 4 members (excludes halogenated alkanes) is 20. The summed E-state index contributed by atoms with van der Waals surface area (Å²) in [5.41, 5.74) is 0. The number of hydrogen-bond acceptors (Lipinski definition) is 14. The van der Waals surface area contributed by atoms with Crippen molar-refractivity contribution < 1.29 is 75.8 Å². The van der Waals surface area contributed by atoms with Crippen LogP contribution >= 0.6 is 15.6 Å². The van der Waals surface area contributed by atoms with Gasteiger partial charge in [-0.05, 0) is 173 Å². The van der Waals surface area contributed by atoms with E-state index in [1.165, 1.54) is 51.4 Å². The quantitative estimate of drug-likeness (QED) is 0.0146. The summed E-state index contributed by atoms with van der Waals surface area (Å²) in [5, 5.41) is 20.7. The molecule has 0 aromatic rings. The number of ether oxygens (including phenoxy) is 3. The van der Waals surface area contributed by atoms with Gasteiger partial charge in [0.05, 0.1) is 26.4 Å². The van der Waals surface area contributed by atoms with E-state index in [9.17, 15) is 43.5 Å². The molecule has 638 valence electrons. The second kappa shape index (κ2) is 85.2. The van der Waals surface area contributed by atoms with Gasteiger partial charge >= 0.3 is 33.6 Å². The summed E-state index contributed by atoms with van der Waals surface area (Å²) in [6, 6.07) is 0. The second-order valence-corrected chi connectivity index (χ2v) is 30.7. The molecule has 0 aliphatic carbocycles. The van der Waals surface area contributed by atoms with Crippen LogP contribution in [0.1, 0.15) is 303 Å². The summed E-state index contributed by atoms with van der Waals surface area (Å²) >= 11 is 0. The lowest BCUT2D eigenvalue weighted by Crippen LogP contribution is -2.30. The lowest BCUT2D eigenvalue weighted by molar-refractivity contribution is -0.161. The van der Waals surface area contributed by atoms with Crippen molar-refractivity contribution in [2.75, 3.05) is 39.6 Å². The zero-order valence-corrected chi connectivity index (χ0v) is 71.7. The van der Waals surface area contributed by atoms with Crippen molar-refractivity contribution in [3.63, 3.8) is 0 Å².